The third kappa shape index (κ3) is 4.62. The number of nitrogens with one attached hydrogen (secondary N) is 2. The van der Waals surface area contributed by atoms with E-state index in [2.05, 4.69) is 10.6 Å². The van der Waals surface area contributed by atoms with Gasteiger partial charge in [-0.3, -0.25) is 10.1 Å². The SMILES string of the molecule is N#Cc1ccc(C(=O)OCC(=O)NC(=O)NC2CC2)cc1. The van der Waals surface area contributed by atoms with E-state index in [1.807, 2.05) is 6.07 Å². The molecule has 0 spiro atoms. The van der Waals surface area contributed by atoms with Crippen LogP contribution in [0.25, 0.3) is 0 Å². The maximum atomic E-state index is 11.6. The molecule has 1 fully saturated rings. The van der Waals surface area contributed by atoms with Crippen molar-refractivity contribution >= 4 is 17.9 Å². The fraction of sp³-hybridized carbons (Fsp3) is 0.286. The maximum absolute atomic E-state index is 11.6. The molecule has 0 bridgehead atoms. The molecule has 0 heterocycles. The first-order valence-corrected chi connectivity index (χ1v) is 6.36. The number of carbonyl (C=O) groups excluding carboxylic acids is 3. The summed E-state index contributed by atoms with van der Waals surface area (Å²) in [5, 5.41) is 13.3. The maximum Gasteiger partial charge on any atom is 0.338 e. The van der Waals surface area contributed by atoms with Crippen molar-refractivity contribution in [2.75, 3.05) is 6.61 Å². The first-order chi connectivity index (χ1) is 10.1. The van der Waals surface area contributed by atoms with Crippen LogP contribution in [0.1, 0.15) is 28.8 Å². The molecule has 1 aromatic carbocycles. The molecular weight excluding hydrogens is 274 g/mol. The highest BCUT2D eigenvalue weighted by molar-refractivity contribution is 5.97. The number of hydrogen-bond donors (Lipinski definition) is 2. The molecule has 3 amide bonds. The number of rotatable bonds is 4. The molecule has 0 aromatic heterocycles. The lowest BCUT2D eigenvalue weighted by molar-refractivity contribution is -0.123. The average molecular weight is 287 g/mol. The number of benzene rings is 1. The van der Waals surface area contributed by atoms with Crippen LogP contribution in [0.5, 0.6) is 0 Å². The number of carbonyl (C=O) groups is 3. The Morgan fingerprint density at radius 3 is 2.48 bits per heavy atom. The lowest BCUT2D eigenvalue weighted by Crippen LogP contribution is -2.42. The smallest absolute Gasteiger partial charge is 0.338 e. The second kappa shape index (κ2) is 6.52. The van der Waals surface area contributed by atoms with Gasteiger partial charge in [0.25, 0.3) is 5.91 Å². The molecule has 21 heavy (non-hydrogen) atoms. The zero-order valence-electron chi connectivity index (χ0n) is 11.1. The molecule has 0 saturated heterocycles. The number of amides is 3. The third-order valence-electron chi connectivity index (χ3n) is 2.75. The number of urea groups is 1. The normalized spacial score (nSPS) is 12.9. The van der Waals surface area contributed by atoms with E-state index in [0.717, 1.165) is 12.8 Å². The van der Waals surface area contributed by atoms with Gasteiger partial charge in [0.15, 0.2) is 6.61 Å². The van der Waals surface area contributed by atoms with Crippen LogP contribution in [0.2, 0.25) is 0 Å². The second-order valence-corrected chi connectivity index (χ2v) is 4.56. The van der Waals surface area contributed by atoms with Gasteiger partial charge in [-0.1, -0.05) is 0 Å². The van der Waals surface area contributed by atoms with Crippen molar-refractivity contribution < 1.29 is 19.1 Å². The van der Waals surface area contributed by atoms with Crippen LogP contribution in [-0.4, -0.2) is 30.6 Å². The minimum absolute atomic E-state index is 0.138. The molecular formula is C14H13N3O4. The Hall–Kier alpha value is -2.88. The molecule has 0 unspecified atom stereocenters. The number of hydrogen-bond acceptors (Lipinski definition) is 5. The standard InChI is InChI=1S/C14H13N3O4/c15-7-9-1-3-10(4-2-9)13(19)21-8-12(18)17-14(20)16-11-5-6-11/h1-4,11H,5-6,8H2,(H2,16,17,18,20). The van der Waals surface area contributed by atoms with E-state index in [9.17, 15) is 14.4 Å². The van der Waals surface area contributed by atoms with Crippen molar-refractivity contribution in [2.45, 2.75) is 18.9 Å². The van der Waals surface area contributed by atoms with Crippen LogP contribution < -0.4 is 10.6 Å². The third-order valence-corrected chi connectivity index (χ3v) is 2.75. The van der Waals surface area contributed by atoms with Crippen molar-refractivity contribution in [2.24, 2.45) is 0 Å². The monoisotopic (exact) mass is 287 g/mol. The van der Waals surface area contributed by atoms with E-state index in [4.69, 9.17) is 10.00 Å². The highest BCUT2D eigenvalue weighted by Crippen LogP contribution is 2.18. The highest BCUT2D eigenvalue weighted by atomic mass is 16.5. The molecule has 0 atom stereocenters. The van der Waals surface area contributed by atoms with Gasteiger partial charge >= 0.3 is 12.0 Å². The van der Waals surface area contributed by atoms with Gasteiger partial charge in [0.05, 0.1) is 17.2 Å². The van der Waals surface area contributed by atoms with Crippen LogP contribution in [-0.2, 0) is 9.53 Å². The van der Waals surface area contributed by atoms with Crippen molar-refractivity contribution in [3.8, 4) is 6.07 Å². The second-order valence-electron chi connectivity index (χ2n) is 4.56. The Balaban J connectivity index is 1.75. The van der Waals surface area contributed by atoms with Crippen molar-refractivity contribution in [3.63, 3.8) is 0 Å². The van der Waals surface area contributed by atoms with E-state index in [-0.39, 0.29) is 11.6 Å². The number of nitrogens with zero attached hydrogens (tertiary/aromatic N) is 1. The molecule has 7 nitrogen and oxygen atoms in total. The van der Waals surface area contributed by atoms with Crippen molar-refractivity contribution in [1.82, 2.24) is 10.6 Å². The molecule has 1 aromatic rings. The minimum atomic E-state index is -0.699. The Kier molecular flexibility index (Phi) is 4.51. The van der Waals surface area contributed by atoms with Gasteiger partial charge < -0.3 is 10.1 Å². The lowest BCUT2D eigenvalue weighted by Gasteiger charge is -2.06. The van der Waals surface area contributed by atoms with Gasteiger partial charge in [-0.2, -0.15) is 5.26 Å². The van der Waals surface area contributed by atoms with Crippen LogP contribution in [0.3, 0.4) is 0 Å². The number of nitriles is 1. The van der Waals surface area contributed by atoms with Gasteiger partial charge in [0.2, 0.25) is 0 Å². The zero-order valence-corrected chi connectivity index (χ0v) is 11.1. The Labute approximate surface area is 120 Å². The zero-order chi connectivity index (χ0) is 15.2. The molecule has 2 rings (SSSR count). The summed E-state index contributed by atoms with van der Waals surface area (Å²) in [6.07, 6.45) is 1.82. The predicted molar refractivity (Wildman–Crippen MR) is 71.1 cm³/mol. The summed E-state index contributed by atoms with van der Waals surface area (Å²) in [7, 11) is 0. The minimum Gasteiger partial charge on any atom is -0.452 e. The summed E-state index contributed by atoms with van der Waals surface area (Å²) >= 11 is 0. The van der Waals surface area contributed by atoms with E-state index >= 15 is 0 Å². The van der Waals surface area contributed by atoms with Gasteiger partial charge in [0.1, 0.15) is 0 Å². The first-order valence-electron chi connectivity index (χ1n) is 6.36. The van der Waals surface area contributed by atoms with Crippen molar-refractivity contribution in [1.29, 1.82) is 5.26 Å². The fourth-order valence-corrected chi connectivity index (χ4v) is 1.51. The van der Waals surface area contributed by atoms with E-state index in [0.29, 0.717) is 5.56 Å². The highest BCUT2D eigenvalue weighted by Gasteiger charge is 2.24. The largest absolute Gasteiger partial charge is 0.452 e. The predicted octanol–water partition coefficient (Wildman–Crippen LogP) is 0.703. The van der Waals surface area contributed by atoms with Gasteiger partial charge in [-0.15, -0.1) is 0 Å². The molecule has 1 aliphatic carbocycles. The molecule has 1 aliphatic rings. The molecule has 0 radical (unpaired) electrons. The Bertz CT molecular complexity index is 600. The van der Waals surface area contributed by atoms with Gasteiger partial charge in [0, 0.05) is 6.04 Å². The van der Waals surface area contributed by atoms with Gasteiger partial charge in [-0.25, -0.2) is 9.59 Å². The quantitative estimate of drug-likeness (QED) is 0.792. The summed E-state index contributed by atoms with van der Waals surface area (Å²) in [4.78, 5) is 34.3. The number of imide groups is 1. The Morgan fingerprint density at radius 1 is 1.24 bits per heavy atom. The van der Waals surface area contributed by atoms with Crippen LogP contribution in [0, 0.1) is 11.3 Å². The average Bonchev–Trinajstić information content (AvgIpc) is 3.28. The summed E-state index contributed by atoms with van der Waals surface area (Å²) in [6.45, 7) is -0.545. The van der Waals surface area contributed by atoms with E-state index < -0.39 is 24.5 Å². The Morgan fingerprint density at radius 2 is 1.90 bits per heavy atom. The molecule has 1 saturated carbocycles. The number of esters is 1. The van der Waals surface area contributed by atoms with Crippen LogP contribution >= 0.6 is 0 Å². The topological polar surface area (TPSA) is 108 Å². The summed E-state index contributed by atoms with van der Waals surface area (Å²) in [6, 6.07) is 7.28. The summed E-state index contributed by atoms with van der Waals surface area (Å²) in [5.74, 6) is -1.40. The fourth-order valence-electron chi connectivity index (χ4n) is 1.51. The van der Waals surface area contributed by atoms with Crippen LogP contribution in [0.15, 0.2) is 24.3 Å². The summed E-state index contributed by atoms with van der Waals surface area (Å²) in [5.41, 5.74) is 0.644. The molecule has 2 N–H and O–H groups in total. The van der Waals surface area contributed by atoms with E-state index in [1.54, 1.807) is 0 Å². The van der Waals surface area contributed by atoms with Crippen LogP contribution in [0.4, 0.5) is 4.79 Å². The lowest BCUT2D eigenvalue weighted by atomic mass is 10.1. The molecule has 108 valence electrons. The summed E-state index contributed by atoms with van der Waals surface area (Å²) < 4.78 is 4.77. The van der Waals surface area contributed by atoms with Gasteiger partial charge in [-0.05, 0) is 37.1 Å². The molecule has 0 aliphatic heterocycles. The van der Waals surface area contributed by atoms with E-state index in [1.165, 1.54) is 24.3 Å². The number of ether oxygens (including phenoxy) is 1. The molecule has 7 heteroatoms. The van der Waals surface area contributed by atoms with Crippen molar-refractivity contribution in [3.05, 3.63) is 35.4 Å². The first kappa shape index (κ1) is 14.5.